The van der Waals surface area contributed by atoms with Crippen LogP contribution in [0.4, 0.5) is 0 Å². The Morgan fingerprint density at radius 1 is 0.350 bits per heavy atom. The van der Waals surface area contributed by atoms with Crippen molar-refractivity contribution in [2.75, 3.05) is 13.2 Å². The van der Waals surface area contributed by atoms with Gasteiger partial charge in [0.1, 0.15) is 13.2 Å². The standard InChI is InChI=1S/C54H88O6/c1-4-7-10-13-16-18-20-22-23-24-25-26-27-28-29-30-31-33-34-36-38-41-44-47-53(56)59-50-51(49-58-52(55)46-43-40-15-12-9-6-3)60-54(57)48-45-42-39-37-35-32-21-19-17-14-11-8-5-2/h7,10,16,18-19,21-23,25-26,28-29,31,33,36,38,51H,4-6,8-9,11-15,17,20,24,27,30,32,34-35,37,39-50H2,1-3H3/b10-7-,18-16-,21-19-,23-22-,26-25-,29-28-,33-31-,38-36-. The number of esters is 3. The topological polar surface area (TPSA) is 78.9 Å². The predicted octanol–water partition coefficient (Wildman–Crippen LogP) is 15.8. The minimum Gasteiger partial charge on any atom is -0.462 e. The first-order chi connectivity index (χ1) is 29.5. The molecule has 0 fully saturated rings. The highest BCUT2D eigenvalue weighted by atomic mass is 16.6. The highest BCUT2D eigenvalue weighted by Gasteiger charge is 2.19. The van der Waals surface area contributed by atoms with Crippen LogP contribution in [-0.2, 0) is 28.6 Å². The normalized spacial score (nSPS) is 12.9. The molecule has 60 heavy (non-hydrogen) atoms. The zero-order chi connectivity index (χ0) is 43.7. The molecule has 0 heterocycles. The van der Waals surface area contributed by atoms with E-state index in [2.05, 4.69) is 118 Å². The first-order valence-electron chi connectivity index (χ1n) is 24.2. The van der Waals surface area contributed by atoms with E-state index in [1.165, 1.54) is 57.8 Å². The molecule has 0 saturated carbocycles. The second-order valence-electron chi connectivity index (χ2n) is 15.6. The SMILES string of the molecule is CC/C=C\C/C=C\C/C=C\C/C=C\C/C=C\C/C=C\C/C=C\CCCC(=O)OCC(COC(=O)CCCCCCCC)OC(=O)CCCCCCC/C=C\CCCCCC. The molecule has 6 nitrogen and oxygen atoms in total. The summed E-state index contributed by atoms with van der Waals surface area (Å²) < 4.78 is 16.6. The van der Waals surface area contributed by atoms with Gasteiger partial charge in [0.2, 0.25) is 0 Å². The third kappa shape index (κ3) is 45.4. The Morgan fingerprint density at radius 3 is 1.12 bits per heavy atom. The van der Waals surface area contributed by atoms with E-state index in [-0.39, 0.29) is 37.5 Å². The van der Waals surface area contributed by atoms with Crippen LogP contribution in [0, 0.1) is 0 Å². The van der Waals surface area contributed by atoms with Crippen molar-refractivity contribution < 1.29 is 28.6 Å². The summed E-state index contributed by atoms with van der Waals surface area (Å²) in [5.41, 5.74) is 0. The summed E-state index contributed by atoms with van der Waals surface area (Å²) >= 11 is 0. The van der Waals surface area contributed by atoms with Crippen molar-refractivity contribution in [2.45, 2.75) is 213 Å². The Balaban J connectivity index is 4.35. The van der Waals surface area contributed by atoms with Crippen LogP contribution in [0.5, 0.6) is 0 Å². The summed E-state index contributed by atoms with van der Waals surface area (Å²) in [4.78, 5) is 37.6. The van der Waals surface area contributed by atoms with Gasteiger partial charge in [0.05, 0.1) is 0 Å². The maximum atomic E-state index is 12.7. The van der Waals surface area contributed by atoms with Gasteiger partial charge in [-0.1, -0.05) is 189 Å². The number of unbranched alkanes of at least 4 members (excludes halogenated alkanes) is 15. The fraction of sp³-hybridized carbons (Fsp3) is 0.648. The smallest absolute Gasteiger partial charge is 0.306 e. The number of ether oxygens (including phenoxy) is 3. The van der Waals surface area contributed by atoms with Crippen molar-refractivity contribution >= 4 is 17.9 Å². The first kappa shape index (κ1) is 56.3. The number of hydrogen-bond donors (Lipinski definition) is 0. The van der Waals surface area contributed by atoms with Crippen LogP contribution in [0.3, 0.4) is 0 Å². The summed E-state index contributed by atoms with van der Waals surface area (Å²) in [6, 6.07) is 0. The van der Waals surface area contributed by atoms with Gasteiger partial charge in [0.15, 0.2) is 6.10 Å². The number of carbonyl (C=O) groups is 3. The van der Waals surface area contributed by atoms with E-state index >= 15 is 0 Å². The van der Waals surface area contributed by atoms with Crippen molar-refractivity contribution in [1.82, 2.24) is 0 Å². The number of allylic oxidation sites excluding steroid dienone is 16. The van der Waals surface area contributed by atoms with Crippen LogP contribution in [0.25, 0.3) is 0 Å². The van der Waals surface area contributed by atoms with Crippen molar-refractivity contribution in [3.8, 4) is 0 Å². The van der Waals surface area contributed by atoms with Gasteiger partial charge in [0, 0.05) is 19.3 Å². The highest BCUT2D eigenvalue weighted by Crippen LogP contribution is 2.12. The average Bonchev–Trinajstić information content (AvgIpc) is 3.24. The summed E-state index contributed by atoms with van der Waals surface area (Å²) in [6.45, 7) is 6.37. The van der Waals surface area contributed by atoms with Crippen molar-refractivity contribution in [1.29, 1.82) is 0 Å². The maximum absolute atomic E-state index is 12.7. The van der Waals surface area contributed by atoms with Gasteiger partial charge in [-0.15, -0.1) is 0 Å². The maximum Gasteiger partial charge on any atom is 0.306 e. The minimum absolute atomic E-state index is 0.100. The average molecular weight is 833 g/mol. The number of carbonyl (C=O) groups excluding carboxylic acids is 3. The van der Waals surface area contributed by atoms with Crippen LogP contribution in [0.15, 0.2) is 97.2 Å². The molecule has 0 rings (SSSR count). The van der Waals surface area contributed by atoms with Gasteiger partial charge >= 0.3 is 17.9 Å². The Labute approximate surface area is 368 Å². The Bertz CT molecular complexity index is 1230. The van der Waals surface area contributed by atoms with E-state index in [9.17, 15) is 14.4 Å². The van der Waals surface area contributed by atoms with Crippen LogP contribution in [0.2, 0.25) is 0 Å². The number of hydrogen-bond acceptors (Lipinski definition) is 6. The Kier molecular flexibility index (Phi) is 45.1. The van der Waals surface area contributed by atoms with Gasteiger partial charge in [-0.05, 0) is 96.3 Å². The molecular formula is C54H88O6. The zero-order valence-electron chi connectivity index (χ0n) is 38.7. The molecule has 1 unspecified atom stereocenters. The van der Waals surface area contributed by atoms with Gasteiger partial charge in [-0.2, -0.15) is 0 Å². The van der Waals surface area contributed by atoms with Gasteiger partial charge in [-0.3, -0.25) is 14.4 Å². The van der Waals surface area contributed by atoms with E-state index in [0.717, 1.165) is 103 Å². The second-order valence-corrected chi connectivity index (χ2v) is 15.6. The van der Waals surface area contributed by atoms with Gasteiger partial charge < -0.3 is 14.2 Å². The monoisotopic (exact) mass is 833 g/mol. The van der Waals surface area contributed by atoms with E-state index in [4.69, 9.17) is 14.2 Å². The molecule has 1 atom stereocenters. The van der Waals surface area contributed by atoms with Crippen molar-refractivity contribution in [2.24, 2.45) is 0 Å². The van der Waals surface area contributed by atoms with Crippen molar-refractivity contribution in [3.63, 3.8) is 0 Å². The molecule has 0 bridgehead atoms. The molecule has 0 aromatic heterocycles. The Hall–Kier alpha value is -3.67. The van der Waals surface area contributed by atoms with Crippen LogP contribution >= 0.6 is 0 Å². The van der Waals surface area contributed by atoms with E-state index in [0.29, 0.717) is 19.3 Å². The minimum atomic E-state index is -0.801. The van der Waals surface area contributed by atoms with E-state index in [1.54, 1.807) is 0 Å². The zero-order valence-corrected chi connectivity index (χ0v) is 38.7. The van der Waals surface area contributed by atoms with Crippen LogP contribution in [-0.4, -0.2) is 37.2 Å². The quantitative estimate of drug-likeness (QED) is 0.0264. The summed E-state index contributed by atoms with van der Waals surface area (Å²) in [5.74, 6) is -0.989. The summed E-state index contributed by atoms with van der Waals surface area (Å²) in [5, 5.41) is 0. The molecule has 0 aromatic rings. The Morgan fingerprint density at radius 2 is 0.667 bits per heavy atom. The third-order valence-electron chi connectivity index (χ3n) is 9.82. The highest BCUT2D eigenvalue weighted by molar-refractivity contribution is 5.71. The van der Waals surface area contributed by atoms with E-state index < -0.39 is 6.10 Å². The molecule has 0 aliphatic carbocycles. The van der Waals surface area contributed by atoms with Gasteiger partial charge in [-0.25, -0.2) is 0 Å². The van der Waals surface area contributed by atoms with Crippen LogP contribution in [0.1, 0.15) is 207 Å². The molecule has 0 aliphatic rings. The molecule has 0 radical (unpaired) electrons. The lowest BCUT2D eigenvalue weighted by Gasteiger charge is -2.18. The molecular weight excluding hydrogens is 745 g/mol. The van der Waals surface area contributed by atoms with Crippen LogP contribution < -0.4 is 0 Å². The molecule has 0 saturated heterocycles. The van der Waals surface area contributed by atoms with E-state index in [1.807, 2.05) is 0 Å². The molecule has 6 heteroatoms. The molecule has 0 spiro atoms. The van der Waals surface area contributed by atoms with Gasteiger partial charge in [0.25, 0.3) is 0 Å². The fourth-order valence-electron chi connectivity index (χ4n) is 6.19. The van der Waals surface area contributed by atoms with Crippen molar-refractivity contribution in [3.05, 3.63) is 97.2 Å². The second kappa shape index (κ2) is 48.0. The molecule has 0 amide bonds. The summed E-state index contributed by atoms with van der Waals surface area (Å²) in [6.07, 6.45) is 62.8. The third-order valence-corrected chi connectivity index (χ3v) is 9.82. The fourth-order valence-corrected chi connectivity index (χ4v) is 6.19. The lowest BCUT2D eigenvalue weighted by atomic mass is 10.1. The predicted molar refractivity (Wildman–Crippen MR) is 256 cm³/mol. The largest absolute Gasteiger partial charge is 0.462 e. The summed E-state index contributed by atoms with van der Waals surface area (Å²) in [7, 11) is 0. The first-order valence-corrected chi connectivity index (χ1v) is 24.2. The molecule has 340 valence electrons. The molecule has 0 aromatic carbocycles. The molecule has 0 aliphatic heterocycles. The lowest BCUT2D eigenvalue weighted by Crippen LogP contribution is -2.30. The number of rotatable bonds is 42. The lowest BCUT2D eigenvalue weighted by molar-refractivity contribution is -0.167. The molecule has 0 N–H and O–H groups in total.